The number of carbonyl (C=O) groups is 1. The van der Waals surface area contributed by atoms with Crippen molar-refractivity contribution in [1.82, 2.24) is 0 Å². The molecule has 0 aliphatic carbocycles. The van der Waals surface area contributed by atoms with Crippen molar-refractivity contribution in [3.05, 3.63) is 0 Å². The Morgan fingerprint density at radius 2 is 1.08 bits per heavy atom. The summed E-state index contributed by atoms with van der Waals surface area (Å²) in [5.41, 5.74) is 0. The van der Waals surface area contributed by atoms with E-state index < -0.39 is 0 Å². The fourth-order valence-corrected chi connectivity index (χ4v) is 4.09. The van der Waals surface area contributed by atoms with Crippen LogP contribution >= 0.6 is 11.8 Å². The highest BCUT2D eigenvalue weighted by Crippen LogP contribution is 2.34. The van der Waals surface area contributed by atoms with E-state index in [0.29, 0.717) is 6.42 Å². The molecule has 1 atom stereocenters. The summed E-state index contributed by atoms with van der Waals surface area (Å²) in [6.07, 6.45) is 24.2. The average molecular weight is 371 g/mol. The summed E-state index contributed by atoms with van der Waals surface area (Å²) in [4.78, 5) is 11.0. The maximum absolute atomic E-state index is 11.0. The van der Waals surface area contributed by atoms with Gasteiger partial charge in [-0.1, -0.05) is 96.3 Å². The summed E-state index contributed by atoms with van der Waals surface area (Å²) in [5, 5.41) is 1.05. The minimum atomic E-state index is -0.0623. The molecule has 1 aliphatic heterocycles. The number of hydrogen-bond donors (Lipinski definition) is 0. The van der Waals surface area contributed by atoms with E-state index in [4.69, 9.17) is 0 Å². The van der Waals surface area contributed by atoms with Gasteiger partial charge in [-0.05, 0) is 12.8 Å². The molecule has 0 amide bonds. The molecule has 1 rings (SSSR count). The van der Waals surface area contributed by atoms with E-state index in [2.05, 4.69) is 16.5 Å². The van der Waals surface area contributed by atoms with Crippen LogP contribution in [-0.4, -0.2) is 24.1 Å². The van der Waals surface area contributed by atoms with Crippen LogP contribution in [0.2, 0.25) is 0 Å². The minimum Gasteiger partial charge on any atom is -0.469 e. The zero-order chi connectivity index (χ0) is 18.0. The maximum atomic E-state index is 11.0. The summed E-state index contributed by atoms with van der Waals surface area (Å²) in [7, 11) is 1.47. The number of rotatable bonds is 19. The number of hydrogen-bond acceptors (Lipinski definition) is 3. The zero-order valence-corrected chi connectivity index (χ0v) is 17.6. The van der Waals surface area contributed by atoms with Crippen LogP contribution in [0.25, 0.3) is 0 Å². The Balaban J connectivity index is 1.62. The van der Waals surface area contributed by atoms with Crippen LogP contribution in [0.1, 0.15) is 116 Å². The van der Waals surface area contributed by atoms with Crippen molar-refractivity contribution in [2.75, 3.05) is 12.9 Å². The van der Waals surface area contributed by atoms with Crippen molar-refractivity contribution < 1.29 is 9.53 Å². The van der Waals surface area contributed by atoms with Gasteiger partial charge in [-0.3, -0.25) is 4.79 Å². The van der Waals surface area contributed by atoms with Crippen LogP contribution in [0.5, 0.6) is 0 Å². The van der Waals surface area contributed by atoms with Gasteiger partial charge in [-0.15, -0.1) is 0 Å². The minimum absolute atomic E-state index is 0.0623. The predicted molar refractivity (Wildman–Crippen MR) is 111 cm³/mol. The molecule has 0 aromatic heterocycles. The molecule has 148 valence electrons. The molecule has 0 aromatic rings. The van der Waals surface area contributed by atoms with E-state index in [1.54, 1.807) is 0 Å². The molecular weight excluding hydrogens is 328 g/mol. The standard InChI is InChI=1S/C22H42O2S/c1-24-22(23)19-17-15-13-11-9-7-5-3-2-4-6-8-10-12-14-16-18-21-20-25-21/h21H,2-20H2,1H3. The quantitative estimate of drug-likeness (QED) is 0.136. The smallest absolute Gasteiger partial charge is 0.305 e. The first-order valence-electron chi connectivity index (χ1n) is 11.0. The number of thioether (sulfide) groups is 1. The van der Waals surface area contributed by atoms with E-state index >= 15 is 0 Å². The largest absolute Gasteiger partial charge is 0.469 e. The van der Waals surface area contributed by atoms with E-state index in [-0.39, 0.29) is 5.97 Å². The molecule has 1 unspecified atom stereocenters. The van der Waals surface area contributed by atoms with Gasteiger partial charge in [-0.25, -0.2) is 0 Å². The van der Waals surface area contributed by atoms with Crippen LogP contribution in [0.4, 0.5) is 0 Å². The Bertz CT molecular complexity index is 302. The van der Waals surface area contributed by atoms with E-state index in [9.17, 15) is 4.79 Å². The first-order chi connectivity index (χ1) is 12.3. The number of ether oxygens (including phenoxy) is 1. The summed E-state index contributed by atoms with van der Waals surface area (Å²) in [5.74, 6) is 1.38. The van der Waals surface area contributed by atoms with Crippen molar-refractivity contribution in [3.8, 4) is 0 Å². The molecule has 0 N–H and O–H groups in total. The van der Waals surface area contributed by atoms with Crippen LogP contribution in [0.3, 0.4) is 0 Å². The number of carbonyl (C=O) groups excluding carboxylic acids is 1. The van der Waals surface area contributed by atoms with Crippen LogP contribution in [-0.2, 0) is 9.53 Å². The average Bonchev–Trinajstić information content (AvgIpc) is 3.44. The predicted octanol–water partition coefficient (Wildman–Crippen LogP) is 7.30. The highest BCUT2D eigenvalue weighted by atomic mass is 32.2. The normalized spacial score (nSPS) is 16.1. The van der Waals surface area contributed by atoms with Gasteiger partial charge in [0, 0.05) is 17.4 Å². The second kappa shape index (κ2) is 17.2. The van der Waals surface area contributed by atoms with Crippen LogP contribution < -0.4 is 0 Å². The Kier molecular flexibility index (Phi) is 15.8. The Labute approximate surface area is 161 Å². The summed E-state index contributed by atoms with van der Waals surface area (Å²) >= 11 is 2.14. The van der Waals surface area contributed by atoms with Crippen LogP contribution in [0, 0.1) is 0 Å². The molecule has 0 saturated carbocycles. The lowest BCUT2D eigenvalue weighted by atomic mass is 10.0. The molecule has 0 radical (unpaired) electrons. The third-order valence-corrected chi connectivity index (χ3v) is 6.33. The van der Waals surface area contributed by atoms with Gasteiger partial charge in [-0.2, -0.15) is 11.8 Å². The van der Waals surface area contributed by atoms with E-state index in [0.717, 1.165) is 11.7 Å². The Hall–Kier alpha value is -0.180. The van der Waals surface area contributed by atoms with Crippen molar-refractivity contribution in [3.63, 3.8) is 0 Å². The van der Waals surface area contributed by atoms with Gasteiger partial charge in [0.05, 0.1) is 7.11 Å². The molecular formula is C22H42O2S. The van der Waals surface area contributed by atoms with Crippen molar-refractivity contribution in [2.45, 2.75) is 121 Å². The highest BCUT2D eigenvalue weighted by molar-refractivity contribution is 8.06. The fraction of sp³-hybridized carbons (Fsp3) is 0.955. The summed E-state index contributed by atoms with van der Waals surface area (Å²) < 4.78 is 4.65. The van der Waals surface area contributed by atoms with Gasteiger partial charge >= 0.3 is 5.97 Å². The monoisotopic (exact) mass is 370 g/mol. The van der Waals surface area contributed by atoms with E-state index in [1.165, 1.54) is 116 Å². The molecule has 1 fully saturated rings. The second-order valence-electron chi connectivity index (χ2n) is 7.73. The Morgan fingerprint density at radius 1 is 0.720 bits per heavy atom. The lowest BCUT2D eigenvalue weighted by Gasteiger charge is -2.04. The molecule has 0 bridgehead atoms. The zero-order valence-electron chi connectivity index (χ0n) is 16.7. The molecule has 0 spiro atoms. The number of esters is 1. The lowest BCUT2D eigenvalue weighted by molar-refractivity contribution is -0.140. The maximum Gasteiger partial charge on any atom is 0.305 e. The van der Waals surface area contributed by atoms with Gasteiger partial charge < -0.3 is 4.74 Å². The van der Waals surface area contributed by atoms with Gasteiger partial charge in [0.15, 0.2) is 0 Å². The molecule has 3 heteroatoms. The number of unbranched alkanes of at least 4 members (excludes halogenated alkanes) is 15. The lowest BCUT2D eigenvalue weighted by Crippen LogP contribution is -1.99. The third kappa shape index (κ3) is 17.0. The second-order valence-corrected chi connectivity index (χ2v) is 9.06. The van der Waals surface area contributed by atoms with E-state index in [1.807, 2.05) is 0 Å². The molecule has 1 saturated heterocycles. The first-order valence-corrected chi connectivity index (χ1v) is 12.1. The van der Waals surface area contributed by atoms with Crippen molar-refractivity contribution in [2.24, 2.45) is 0 Å². The van der Waals surface area contributed by atoms with Gasteiger partial charge in [0.25, 0.3) is 0 Å². The van der Waals surface area contributed by atoms with Crippen LogP contribution in [0.15, 0.2) is 0 Å². The van der Waals surface area contributed by atoms with Gasteiger partial charge in [0.1, 0.15) is 0 Å². The molecule has 2 nitrogen and oxygen atoms in total. The highest BCUT2D eigenvalue weighted by Gasteiger charge is 2.20. The fourth-order valence-electron chi connectivity index (χ4n) is 3.45. The van der Waals surface area contributed by atoms with Gasteiger partial charge in [0.2, 0.25) is 0 Å². The van der Waals surface area contributed by atoms with Crippen molar-refractivity contribution in [1.29, 1.82) is 0 Å². The Morgan fingerprint density at radius 3 is 1.44 bits per heavy atom. The summed E-state index contributed by atoms with van der Waals surface area (Å²) in [6, 6.07) is 0. The number of methoxy groups -OCH3 is 1. The molecule has 0 aromatic carbocycles. The van der Waals surface area contributed by atoms with Crippen molar-refractivity contribution >= 4 is 17.7 Å². The SMILES string of the molecule is COC(=O)CCCCCCCCCCCCCCCCCCC1CS1. The molecule has 1 heterocycles. The molecule has 1 aliphatic rings. The third-order valence-electron chi connectivity index (χ3n) is 5.29. The first kappa shape index (κ1) is 22.9. The molecule has 25 heavy (non-hydrogen) atoms. The topological polar surface area (TPSA) is 26.3 Å². The summed E-state index contributed by atoms with van der Waals surface area (Å²) in [6.45, 7) is 0.